The van der Waals surface area contributed by atoms with Crippen LogP contribution in [0.1, 0.15) is 49.7 Å². The van der Waals surface area contributed by atoms with E-state index in [4.69, 9.17) is 20.3 Å². The van der Waals surface area contributed by atoms with E-state index in [1.165, 1.54) is 0 Å². The van der Waals surface area contributed by atoms with Gasteiger partial charge >= 0.3 is 6.09 Å². The molecule has 0 aliphatic rings. The van der Waals surface area contributed by atoms with Crippen LogP contribution in [0.25, 0.3) is 5.65 Å². The molecule has 0 aliphatic heterocycles. The number of amides is 2. The summed E-state index contributed by atoms with van der Waals surface area (Å²) in [5.74, 6) is 0.146. The van der Waals surface area contributed by atoms with E-state index in [1.54, 1.807) is 36.6 Å². The van der Waals surface area contributed by atoms with Crippen molar-refractivity contribution in [3.8, 4) is 0 Å². The molecule has 0 spiro atoms. The second-order valence-electron chi connectivity index (χ2n) is 9.00. The van der Waals surface area contributed by atoms with E-state index in [9.17, 15) is 9.59 Å². The number of rotatable bonds is 13. The fourth-order valence-electron chi connectivity index (χ4n) is 3.30. The summed E-state index contributed by atoms with van der Waals surface area (Å²) in [4.78, 5) is 24.5. The normalized spacial score (nSPS) is 12.3. The molecular weight excluding hydrogens is 464 g/mol. The molecule has 0 bridgehead atoms. The first kappa shape index (κ1) is 27.1. The molecule has 0 aliphatic carbocycles. The maximum absolute atomic E-state index is 12.6. The standard InChI is InChI=1S/C25H34N6O5/c1-25(2,26)23(33)28-20(17-35-15-18-8-4-3-5-9-18)22-30-29-21-14-19(10-12-31(21)22)16-36-24(34)27-11-6-7-13-32/h3-5,8-10,12,14,20,32H,6-7,11,13,15-17,26H2,1-2H3,(H,27,34)(H,28,33)/t20-/m1/s1. The number of hydrogen-bond acceptors (Lipinski definition) is 8. The molecule has 2 heterocycles. The molecule has 3 aromatic rings. The zero-order valence-corrected chi connectivity index (χ0v) is 20.6. The minimum absolute atomic E-state index is 0.0617. The Morgan fingerprint density at radius 1 is 1.11 bits per heavy atom. The highest BCUT2D eigenvalue weighted by molar-refractivity contribution is 5.85. The van der Waals surface area contributed by atoms with Crippen molar-refractivity contribution in [1.82, 2.24) is 25.2 Å². The summed E-state index contributed by atoms with van der Waals surface area (Å²) in [7, 11) is 0. The third-order valence-corrected chi connectivity index (χ3v) is 5.32. The summed E-state index contributed by atoms with van der Waals surface area (Å²) < 4.78 is 12.9. The van der Waals surface area contributed by atoms with Crippen molar-refractivity contribution in [2.24, 2.45) is 5.73 Å². The van der Waals surface area contributed by atoms with E-state index >= 15 is 0 Å². The van der Waals surface area contributed by atoms with Crippen molar-refractivity contribution >= 4 is 17.6 Å². The smallest absolute Gasteiger partial charge is 0.407 e. The van der Waals surface area contributed by atoms with Gasteiger partial charge in [0.2, 0.25) is 5.91 Å². The Hall–Kier alpha value is -3.54. The van der Waals surface area contributed by atoms with Crippen LogP contribution >= 0.6 is 0 Å². The van der Waals surface area contributed by atoms with Gasteiger partial charge in [0, 0.05) is 19.3 Å². The molecule has 0 radical (unpaired) electrons. The van der Waals surface area contributed by atoms with E-state index < -0.39 is 17.7 Å². The zero-order chi connectivity index (χ0) is 26.0. The maximum Gasteiger partial charge on any atom is 0.407 e. The van der Waals surface area contributed by atoms with Crippen LogP contribution in [-0.2, 0) is 27.5 Å². The van der Waals surface area contributed by atoms with Gasteiger partial charge in [-0.2, -0.15) is 0 Å². The molecule has 11 nitrogen and oxygen atoms in total. The van der Waals surface area contributed by atoms with Gasteiger partial charge < -0.3 is 30.9 Å². The van der Waals surface area contributed by atoms with Gasteiger partial charge in [-0.1, -0.05) is 30.3 Å². The minimum atomic E-state index is -1.08. The summed E-state index contributed by atoms with van der Waals surface area (Å²) in [6.07, 6.45) is 2.52. The predicted octanol–water partition coefficient (Wildman–Crippen LogP) is 1.84. The van der Waals surface area contributed by atoms with E-state index in [-0.39, 0.29) is 25.7 Å². The highest BCUT2D eigenvalue weighted by atomic mass is 16.5. The lowest BCUT2D eigenvalue weighted by atomic mass is 10.1. The number of nitrogens with zero attached hydrogens (tertiary/aromatic N) is 3. The maximum atomic E-state index is 12.6. The number of aliphatic hydroxyl groups is 1. The average Bonchev–Trinajstić information content (AvgIpc) is 3.28. The Labute approximate surface area is 210 Å². The molecule has 5 N–H and O–H groups in total. The van der Waals surface area contributed by atoms with Gasteiger partial charge in [-0.15, -0.1) is 10.2 Å². The number of fused-ring (bicyclic) bond motifs is 1. The molecule has 0 saturated heterocycles. The fraction of sp³-hybridized carbons (Fsp3) is 0.440. The van der Waals surface area contributed by atoms with E-state index in [1.807, 2.05) is 30.3 Å². The molecule has 0 fully saturated rings. The molecule has 1 aromatic carbocycles. The van der Waals surface area contributed by atoms with Crippen LogP contribution in [0.2, 0.25) is 0 Å². The second-order valence-corrected chi connectivity index (χ2v) is 9.00. The number of benzene rings is 1. The number of aromatic nitrogens is 3. The van der Waals surface area contributed by atoms with Gasteiger partial charge in [0.25, 0.3) is 0 Å². The Morgan fingerprint density at radius 3 is 2.61 bits per heavy atom. The van der Waals surface area contributed by atoms with Gasteiger partial charge in [-0.05, 0) is 49.9 Å². The Morgan fingerprint density at radius 2 is 1.89 bits per heavy atom. The summed E-state index contributed by atoms with van der Waals surface area (Å²) in [5.41, 5.74) is 7.17. The summed E-state index contributed by atoms with van der Waals surface area (Å²) in [6, 6.07) is 12.7. The number of nitrogens with two attached hydrogens (primary N) is 1. The van der Waals surface area contributed by atoms with Gasteiger partial charge in [-0.25, -0.2) is 4.79 Å². The Bertz CT molecular complexity index is 1130. The molecular formula is C25H34N6O5. The van der Waals surface area contributed by atoms with Crippen molar-refractivity contribution in [1.29, 1.82) is 0 Å². The zero-order valence-electron chi connectivity index (χ0n) is 20.6. The van der Waals surface area contributed by atoms with Crippen LogP contribution in [0.5, 0.6) is 0 Å². The molecule has 3 rings (SSSR count). The minimum Gasteiger partial charge on any atom is -0.445 e. The molecule has 0 saturated carbocycles. The molecule has 1 atom stereocenters. The molecule has 11 heteroatoms. The van der Waals surface area contributed by atoms with Crippen LogP contribution in [0.3, 0.4) is 0 Å². The summed E-state index contributed by atoms with van der Waals surface area (Å²) in [6.45, 7) is 4.38. The number of pyridine rings is 1. The van der Waals surface area contributed by atoms with Crippen molar-refractivity contribution in [2.75, 3.05) is 19.8 Å². The third kappa shape index (κ3) is 8.01. The largest absolute Gasteiger partial charge is 0.445 e. The van der Waals surface area contributed by atoms with Crippen LogP contribution in [0.4, 0.5) is 4.79 Å². The second kappa shape index (κ2) is 13.0. The average molecular weight is 499 g/mol. The van der Waals surface area contributed by atoms with Gasteiger partial charge in [-0.3, -0.25) is 9.20 Å². The van der Waals surface area contributed by atoms with E-state index in [2.05, 4.69) is 20.8 Å². The third-order valence-electron chi connectivity index (χ3n) is 5.32. The lowest BCUT2D eigenvalue weighted by Crippen LogP contribution is -2.50. The van der Waals surface area contributed by atoms with Gasteiger partial charge in [0.15, 0.2) is 11.5 Å². The fourth-order valence-corrected chi connectivity index (χ4v) is 3.30. The predicted molar refractivity (Wildman–Crippen MR) is 133 cm³/mol. The van der Waals surface area contributed by atoms with Crippen molar-refractivity contribution < 1.29 is 24.2 Å². The Balaban J connectivity index is 1.68. The van der Waals surface area contributed by atoms with E-state index in [0.717, 1.165) is 11.1 Å². The SMILES string of the molecule is CC(C)(N)C(=O)N[C@H](COCc1ccccc1)c1nnc2cc(COC(=O)NCCCCO)ccn12. The first-order chi connectivity index (χ1) is 17.3. The highest BCUT2D eigenvalue weighted by Crippen LogP contribution is 2.17. The lowest BCUT2D eigenvalue weighted by molar-refractivity contribution is -0.126. The first-order valence-electron chi connectivity index (χ1n) is 11.8. The topological polar surface area (TPSA) is 153 Å². The Kier molecular flexibility index (Phi) is 9.74. The highest BCUT2D eigenvalue weighted by Gasteiger charge is 2.28. The van der Waals surface area contributed by atoms with Gasteiger partial charge in [0.05, 0.1) is 18.8 Å². The number of nitrogens with one attached hydrogen (secondary N) is 2. The lowest BCUT2D eigenvalue weighted by Gasteiger charge is -2.23. The van der Waals surface area contributed by atoms with Crippen molar-refractivity contribution in [3.05, 3.63) is 65.6 Å². The van der Waals surface area contributed by atoms with E-state index in [0.29, 0.717) is 37.5 Å². The number of carbonyl (C=O) groups excluding carboxylic acids is 2. The quantitative estimate of drug-likeness (QED) is 0.260. The van der Waals surface area contributed by atoms with Crippen LogP contribution < -0.4 is 16.4 Å². The summed E-state index contributed by atoms with van der Waals surface area (Å²) in [5, 5.41) is 22.9. The number of hydrogen-bond donors (Lipinski definition) is 4. The first-order valence-corrected chi connectivity index (χ1v) is 11.8. The molecule has 2 amide bonds. The van der Waals surface area contributed by atoms with Crippen LogP contribution in [0, 0.1) is 0 Å². The number of carbonyl (C=O) groups is 2. The summed E-state index contributed by atoms with van der Waals surface area (Å²) >= 11 is 0. The number of aliphatic hydroxyl groups excluding tert-OH is 1. The number of unbranched alkanes of at least 4 members (excludes halogenated alkanes) is 1. The number of ether oxygens (including phenoxy) is 2. The molecule has 0 unspecified atom stereocenters. The van der Waals surface area contributed by atoms with Crippen LogP contribution in [-0.4, -0.2) is 57.0 Å². The molecule has 194 valence electrons. The molecule has 36 heavy (non-hydrogen) atoms. The monoisotopic (exact) mass is 498 g/mol. The van der Waals surface area contributed by atoms with Crippen molar-refractivity contribution in [2.45, 2.75) is 51.5 Å². The number of alkyl carbamates (subject to hydrolysis) is 1. The van der Waals surface area contributed by atoms with Gasteiger partial charge in [0.1, 0.15) is 12.6 Å². The van der Waals surface area contributed by atoms with Crippen molar-refractivity contribution in [3.63, 3.8) is 0 Å². The van der Waals surface area contributed by atoms with Crippen LogP contribution in [0.15, 0.2) is 48.7 Å². The molecule has 2 aromatic heterocycles.